The molecule has 1 aliphatic heterocycles. The van der Waals surface area contributed by atoms with E-state index in [0.29, 0.717) is 48.8 Å². The van der Waals surface area contributed by atoms with Gasteiger partial charge in [0.25, 0.3) is 0 Å². The van der Waals surface area contributed by atoms with E-state index in [1.54, 1.807) is 0 Å². The Morgan fingerprint density at radius 1 is 1.05 bits per heavy atom. The van der Waals surface area contributed by atoms with Crippen LogP contribution < -0.4 is 10.1 Å². The SMILES string of the molecule is CCC(CC)CN[C@@H](CC)c1cccc(OCC[C@]23CCC4C(CCC5N(C)C(=O)CC[C@]45C)C2CC[C@@H]3O)c1. The molecule has 4 unspecified atom stereocenters. The van der Waals surface area contributed by atoms with Crippen molar-refractivity contribution < 1.29 is 14.6 Å². The van der Waals surface area contributed by atoms with Crippen LogP contribution in [-0.2, 0) is 4.79 Å². The molecule has 224 valence electrons. The lowest BCUT2D eigenvalue weighted by atomic mass is 9.46. The molecule has 1 heterocycles. The maximum atomic E-state index is 12.5. The smallest absolute Gasteiger partial charge is 0.222 e. The molecule has 0 aromatic heterocycles. The van der Waals surface area contributed by atoms with E-state index in [9.17, 15) is 9.90 Å². The molecule has 5 rings (SSSR count). The topological polar surface area (TPSA) is 61.8 Å². The number of rotatable bonds is 11. The van der Waals surface area contributed by atoms with Crippen LogP contribution in [0.3, 0.4) is 0 Å². The molecule has 5 heteroatoms. The summed E-state index contributed by atoms with van der Waals surface area (Å²) >= 11 is 0. The van der Waals surface area contributed by atoms with Gasteiger partial charge in [0.2, 0.25) is 5.91 Å². The minimum atomic E-state index is -0.215. The number of amides is 1. The first-order valence-electron chi connectivity index (χ1n) is 16.7. The highest BCUT2D eigenvalue weighted by Crippen LogP contribution is 2.65. The Kier molecular flexibility index (Phi) is 9.22. The van der Waals surface area contributed by atoms with Gasteiger partial charge in [-0.2, -0.15) is 0 Å². The van der Waals surface area contributed by atoms with Crippen LogP contribution in [0.5, 0.6) is 5.75 Å². The second-order valence-electron chi connectivity index (χ2n) is 14.1. The van der Waals surface area contributed by atoms with Gasteiger partial charge in [-0.3, -0.25) is 4.79 Å². The molecule has 0 bridgehead atoms. The van der Waals surface area contributed by atoms with E-state index in [1.807, 2.05) is 7.05 Å². The van der Waals surface area contributed by atoms with Crippen LogP contribution in [0, 0.1) is 34.5 Å². The summed E-state index contributed by atoms with van der Waals surface area (Å²) in [6.07, 6.45) is 12.6. The van der Waals surface area contributed by atoms with Gasteiger partial charge in [-0.05, 0) is 111 Å². The van der Waals surface area contributed by atoms with Gasteiger partial charge in [0.15, 0.2) is 0 Å². The number of nitrogens with one attached hydrogen (secondary N) is 1. The van der Waals surface area contributed by atoms with Crippen molar-refractivity contribution in [2.75, 3.05) is 20.2 Å². The fourth-order valence-corrected chi connectivity index (χ4v) is 9.97. The highest BCUT2D eigenvalue weighted by molar-refractivity contribution is 5.77. The Morgan fingerprint density at radius 2 is 1.85 bits per heavy atom. The third kappa shape index (κ3) is 5.35. The molecule has 3 saturated carbocycles. The Hall–Kier alpha value is -1.59. The number of fused-ring (bicyclic) bond motifs is 5. The summed E-state index contributed by atoms with van der Waals surface area (Å²) in [5, 5.41) is 15.2. The number of benzene rings is 1. The summed E-state index contributed by atoms with van der Waals surface area (Å²) < 4.78 is 6.45. The van der Waals surface area contributed by atoms with Crippen LogP contribution in [0.4, 0.5) is 0 Å². The Balaban J connectivity index is 1.24. The molecule has 5 nitrogen and oxygen atoms in total. The molecule has 0 radical (unpaired) electrons. The largest absolute Gasteiger partial charge is 0.494 e. The summed E-state index contributed by atoms with van der Waals surface area (Å²) in [5.74, 6) is 3.93. The molecule has 0 spiro atoms. The Bertz CT molecular complexity index is 1010. The van der Waals surface area contributed by atoms with Crippen molar-refractivity contribution in [2.45, 2.75) is 123 Å². The van der Waals surface area contributed by atoms with E-state index in [-0.39, 0.29) is 16.9 Å². The average molecular weight is 553 g/mol. The summed E-state index contributed by atoms with van der Waals surface area (Å²) in [7, 11) is 2.04. The molecule has 4 fully saturated rings. The average Bonchev–Trinajstić information content (AvgIpc) is 3.30. The first-order valence-corrected chi connectivity index (χ1v) is 16.7. The van der Waals surface area contributed by atoms with Gasteiger partial charge in [0.05, 0.1) is 12.7 Å². The van der Waals surface area contributed by atoms with Crippen molar-refractivity contribution in [1.82, 2.24) is 10.2 Å². The number of aliphatic hydroxyl groups is 1. The molecule has 4 aliphatic rings. The highest BCUT2D eigenvalue weighted by Gasteiger charge is 2.62. The van der Waals surface area contributed by atoms with Crippen molar-refractivity contribution in [3.8, 4) is 5.75 Å². The molecular formula is C35H56N2O3. The first-order chi connectivity index (χ1) is 19.3. The lowest BCUT2D eigenvalue weighted by Crippen LogP contribution is -2.61. The predicted molar refractivity (Wildman–Crippen MR) is 162 cm³/mol. The van der Waals surface area contributed by atoms with Gasteiger partial charge in [-0.1, -0.05) is 52.7 Å². The van der Waals surface area contributed by atoms with E-state index < -0.39 is 0 Å². The second kappa shape index (κ2) is 12.3. The molecule has 40 heavy (non-hydrogen) atoms. The van der Waals surface area contributed by atoms with Crippen molar-refractivity contribution in [3.05, 3.63) is 29.8 Å². The highest BCUT2D eigenvalue weighted by atomic mass is 16.5. The van der Waals surface area contributed by atoms with Crippen LogP contribution in [0.15, 0.2) is 24.3 Å². The summed E-state index contributed by atoms with van der Waals surface area (Å²) in [6.45, 7) is 11.0. The zero-order valence-corrected chi connectivity index (χ0v) is 26.0. The molecule has 3 aliphatic carbocycles. The zero-order chi connectivity index (χ0) is 28.5. The number of likely N-dealkylation sites (tertiary alicyclic amines) is 1. The predicted octanol–water partition coefficient (Wildman–Crippen LogP) is 7.14. The standard InChI is InChI=1S/C35H56N2O3/c1-6-24(7-2)23-36-30(8-3)25-10-9-11-26(22-25)40-21-20-35-19-16-28-27(29(35)13-15-32(35)38)12-14-31-34(28,4)18-17-33(39)37(31)5/h9-11,22,24,27-32,36,38H,6-8,12-21,23H2,1-5H3/t27?,28?,29?,30-,31?,32-,34+,35+/m0/s1. The van der Waals surface area contributed by atoms with Crippen molar-refractivity contribution in [3.63, 3.8) is 0 Å². The Morgan fingerprint density at radius 3 is 2.60 bits per heavy atom. The van der Waals surface area contributed by atoms with E-state index in [0.717, 1.165) is 63.2 Å². The monoisotopic (exact) mass is 552 g/mol. The number of carbonyl (C=O) groups excluding carboxylic acids is 1. The summed E-state index contributed by atoms with van der Waals surface area (Å²) in [5.41, 5.74) is 1.52. The Labute approximate surface area is 243 Å². The molecular weight excluding hydrogens is 496 g/mol. The van der Waals surface area contributed by atoms with E-state index in [2.05, 4.69) is 62.2 Å². The fourth-order valence-electron chi connectivity index (χ4n) is 9.97. The second-order valence-corrected chi connectivity index (χ2v) is 14.1. The van der Waals surface area contributed by atoms with Gasteiger partial charge in [0, 0.05) is 31.0 Å². The minimum Gasteiger partial charge on any atom is -0.494 e. The maximum Gasteiger partial charge on any atom is 0.222 e. The van der Waals surface area contributed by atoms with Gasteiger partial charge in [0.1, 0.15) is 5.75 Å². The minimum absolute atomic E-state index is 0.0127. The van der Waals surface area contributed by atoms with Crippen molar-refractivity contribution in [1.29, 1.82) is 0 Å². The number of ether oxygens (including phenoxy) is 1. The quantitative estimate of drug-likeness (QED) is 0.306. The number of hydrogen-bond donors (Lipinski definition) is 2. The molecule has 1 aromatic carbocycles. The molecule has 1 aromatic rings. The molecule has 2 N–H and O–H groups in total. The maximum absolute atomic E-state index is 12.5. The summed E-state index contributed by atoms with van der Waals surface area (Å²) in [4.78, 5) is 14.6. The summed E-state index contributed by atoms with van der Waals surface area (Å²) in [6, 6.07) is 9.43. The normalized spacial score (nSPS) is 36.2. The third-order valence-electron chi connectivity index (χ3n) is 12.5. The van der Waals surface area contributed by atoms with Crippen LogP contribution in [0.1, 0.15) is 116 Å². The first kappa shape index (κ1) is 29.9. The van der Waals surface area contributed by atoms with E-state index in [1.165, 1.54) is 31.2 Å². The van der Waals surface area contributed by atoms with Crippen LogP contribution in [0.2, 0.25) is 0 Å². The van der Waals surface area contributed by atoms with Gasteiger partial charge in [-0.25, -0.2) is 0 Å². The van der Waals surface area contributed by atoms with Crippen LogP contribution >= 0.6 is 0 Å². The van der Waals surface area contributed by atoms with E-state index >= 15 is 0 Å². The van der Waals surface area contributed by atoms with Crippen LogP contribution in [-0.4, -0.2) is 48.3 Å². The number of nitrogens with zero attached hydrogens (tertiary/aromatic N) is 1. The van der Waals surface area contributed by atoms with Crippen molar-refractivity contribution in [2.24, 2.45) is 34.5 Å². The zero-order valence-electron chi connectivity index (χ0n) is 26.0. The number of piperidine rings is 1. The van der Waals surface area contributed by atoms with Gasteiger partial charge in [-0.15, -0.1) is 0 Å². The van der Waals surface area contributed by atoms with Crippen LogP contribution in [0.25, 0.3) is 0 Å². The fraction of sp³-hybridized carbons (Fsp3) is 0.800. The number of hydrogen-bond acceptors (Lipinski definition) is 4. The lowest BCUT2D eigenvalue weighted by Gasteiger charge is -2.62. The molecule has 8 atom stereocenters. The van der Waals surface area contributed by atoms with E-state index in [4.69, 9.17) is 4.74 Å². The lowest BCUT2D eigenvalue weighted by molar-refractivity contribution is -0.162. The van der Waals surface area contributed by atoms with Crippen molar-refractivity contribution >= 4 is 5.91 Å². The third-order valence-corrected chi connectivity index (χ3v) is 12.5. The van der Waals surface area contributed by atoms with Gasteiger partial charge < -0.3 is 20.1 Å². The number of aliphatic hydroxyl groups excluding tert-OH is 1. The molecule has 1 amide bonds. The number of carbonyl (C=O) groups is 1. The molecule has 1 saturated heterocycles. The van der Waals surface area contributed by atoms with Gasteiger partial charge >= 0.3 is 0 Å².